The van der Waals surface area contributed by atoms with Gasteiger partial charge in [0.1, 0.15) is 23.9 Å². The lowest BCUT2D eigenvalue weighted by atomic mass is 10.1. The molecule has 7 nitrogen and oxygen atoms in total. The summed E-state index contributed by atoms with van der Waals surface area (Å²) in [6, 6.07) is 13.0. The van der Waals surface area contributed by atoms with Crippen LogP contribution in [-0.2, 0) is 6.61 Å². The molecule has 1 aliphatic heterocycles. The first-order chi connectivity index (χ1) is 17.4. The summed E-state index contributed by atoms with van der Waals surface area (Å²) in [5.41, 5.74) is 3.90. The number of halogens is 2. The second-order valence-corrected chi connectivity index (χ2v) is 8.79. The Morgan fingerprint density at radius 1 is 1.08 bits per heavy atom. The van der Waals surface area contributed by atoms with Crippen LogP contribution in [0.5, 0.6) is 5.75 Å². The number of fused-ring (bicyclic) bond motifs is 1. The number of aryl methyl sites for hydroxylation is 2. The van der Waals surface area contributed by atoms with Gasteiger partial charge in [-0.2, -0.15) is 0 Å². The lowest BCUT2D eigenvalue weighted by Gasteiger charge is -2.30. The number of hydrogen-bond donors (Lipinski definition) is 2. The van der Waals surface area contributed by atoms with E-state index in [4.69, 9.17) is 4.74 Å². The van der Waals surface area contributed by atoms with E-state index in [9.17, 15) is 13.6 Å². The second-order valence-electron chi connectivity index (χ2n) is 8.79. The summed E-state index contributed by atoms with van der Waals surface area (Å²) in [6.07, 6.45) is 1.71. The predicted molar refractivity (Wildman–Crippen MR) is 135 cm³/mol. The summed E-state index contributed by atoms with van der Waals surface area (Å²) in [6.45, 7) is 7.20. The molecule has 0 saturated carbocycles. The van der Waals surface area contributed by atoms with E-state index in [1.54, 1.807) is 29.7 Å². The first kappa shape index (κ1) is 23.7. The summed E-state index contributed by atoms with van der Waals surface area (Å²) in [7, 11) is 0. The molecule has 9 heteroatoms. The lowest BCUT2D eigenvalue weighted by Crippen LogP contribution is -2.43. The maximum atomic E-state index is 14.0. The number of rotatable bonds is 6. The molecule has 1 saturated heterocycles. The molecule has 0 atom stereocenters. The number of aromatic nitrogens is 2. The fourth-order valence-corrected chi connectivity index (χ4v) is 4.45. The average molecular weight is 492 g/mol. The van der Waals surface area contributed by atoms with Gasteiger partial charge in [0, 0.05) is 43.8 Å². The van der Waals surface area contributed by atoms with Crippen LogP contribution < -0.4 is 20.3 Å². The number of pyridine rings is 1. The highest BCUT2D eigenvalue weighted by Crippen LogP contribution is 2.27. The Labute approximate surface area is 207 Å². The van der Waals surface area contributed by atoms with E-state index in [2.05, 4.69) is 26.6 Å². The third kappa shape index (κ3) is 4.61. The van der Waals surface area contributed by atoms with Crippen molar-refractivity contribution < 1.29 is 18.3 Å². The zero-order valence-electron chi connectivity index (χ0n) is 20.1. The number of piperazine rings is 1. The number of benzene rings is 2. The first-order valence-corrected chi connectivity index (χ1v) is 11.8. The number of nitrogens with zero attached hydrogens (tertiary/aromatic N) is 3. The maximum Gasteiger partial charge on any atom is 0.274 e. The van der Waals surface area contributed by atoms with Gasteiger partial charge in [0.05, 0.1) is 11.3 Å². The molecule has 0 spiro atoms. The number of carbonyl (C=O) groups is 1. The van der Waals surface area contributed by atoms with Crippen molar-refractivity contribution in [2.75, 3.05) is 36.4 Å². The fraction of sp³-hybridized carbons (Fsp3) is 0.259. The molecule has 0 aliphatic carbocycles. The quantitative estimate of drug-likeness (QED) is 0.417. The van der Waals surface area contributed by atoms with Crippen molar-refractivity contribution in [2.24, 2.45) is 0 Å². The minimum absolute atomic E-state index is 0.166. The van der Waals surface area contributed by atoms with Crippen LogP contribution in [0.25, 0.3) is 5.65 Å². The van der Waals surface area contributed by atoms with Crippen LogP contribution in [0.15, 0.2) is 54.7 Å². The van der Waals surface area contributed by atoms with Crippen LogP contribution in [0.2, 0.25) is 0 Å². The summed E-state index contributed by atoms with van der Waals surface area (Å²) >= 11 is 0. The molecular formula is C27H27F2N5O2. The summed E-state index contributed by atoms with van der Waals surface area (Å²) in [5.74, 6) is -1.35. The molecule has 0 unspecified atom stereocenters. The molecule has 4 aromatic rings. The molecule has 36 heavy (non-hydrogen) atoms. The van der Waals surface area contributed by atoms with Crippen LogP contribution in [0.1, 0.15) is 27.3 Å². The normalized spacial score (nSPS) is 13.7. The first-order valence-electron chi connectivity index (χ1n) is 11.8. The highest BCUT2D eigenvalue weighted by atomic mass is 19.1. The molecule has 1 aliphatic rings. The van der Waals surface area contributed by atoms with Crippen LogP contribution >= 0.6 is 0 Å². The Hall–Kier alpha value is -3.98. The highest BCUT2D eigenvalue weighted by Gasteiger charge is 2.21. The molecule has 2 aromatic carbocycles. The minimum atomic E-state index is -0.681. The SMILES string of the molecule is Cc1cc(N2CCNCC2)ccc1NC(=O)c1c(C)nc2c(OCc3c(F)cccc3F)cccn12. The Morgan fingerprint density at radius 3 is 2.56 bits per heavy atom. The smallest absolute Gasteiger partial charge is 0.274 e. The van der Waals surface area contributed by atoms with Crippen molar-refractivity contribution >= 4 is 22.9 Å². The van der Waals surface area contributed by atoms with Gasteiger partial charge in [-0.25, -0.2) is 13.8 Å². The van der Waals surface area contributed by atoms with Gasteiger partial charge in [0.25, 0.3) is 5.91 Å². The summed E-state index contributed by atoms with van der Waals surface area (Å²) < 4.78 is 35.4. The van der Waals surface area contributed by atoms with Crippen molar-refractivity contribution in [3.8, 4) is 5.75 Å². The van der Waals surface area contributed by atoms with Gasteiger partial charge in [-0.15, -0.1) is 0 Å². The van der Waals surface area contributed by atoms with Crippen LogP contribution in [0, 0.1) is 25.5 Å². The van der Waals surface area contributed by atoms with Gasteiger partial charge in [-0.1, -0.05) is 6.07 Å². The topological polar surface area (TPSA) is 70.9 Å². The largest absolute Gasteiger partial charge is 0.485 e. The molecule has 2 aromatic heterocycles. The van der Waals surface area contributed by atoms with Gasteiger partial charge in [-0.3, -0.25) is 9.20 Å². The van der Waals surface area contributed by atoms with Gasteiger partial charge in [-0.05, 0) is 61.9 Å². The molecule has 0 bridgehead atoms. The maximum absolute atomic E-state index is 14.0. The third-order valence-electron chi connectivity index (χ3n) is 6.38. The Balaban J connectivity index is 1.37. The minimum Gasteiger partial charge on any atom is -0.485 e. The molecular weight excluding hydrogens is 464 g/mol. The van der Waals surface area contributed by atoms with Crippen molar-refractivity contribution in [3.05, 3.63) is 88.9 Å². The van der Waals surface area contributed by atoms with E-state index in [1.165, 1.54) is 18.2 Å². The molecule has 186 valence electrons. The molecule has 1 amide bonds. The van der Waals surface area contributed by atoms with Crippen molar-refractivity contribution in [1.82, 2.24) is 14.7 Å². The van der Waals surface area contributed by atoms with Crippen molar-refractivity contribution in [2.45, 2.75) is 20.5 Å². The second kappa shape index (κ2) is 9.94. The van der Waals surface area contributed by atoms with E-state index in [-0.39, 0.29) is 18.1 Å². The van der Waals surface area contributed by atoms with Crippen LogP contribution in [0.4, 0.5) is 20.2 Å². The average Bonchev–Trinajstić information content (AvgIpc) is 3.22. The van der Waals surface area contributed by atoms with Gasteiger partial charge in [0.15, 0.2) is 11.4 Å². The van der Waals surface area contributed by atoms with Gasteiger partial charge in [0.2, 0.25) is 0 Å². The van der Waals surface area contributed by atoms with Crippen molar-refractivity contribution in [3.63, 3.8) is 0 Å². The lowest BCUT2D eigenvalue weighted by molar-refractivity contribution is 0.102. The number of hydrogen-bond acceptors (Lipinski definition) is 5. The number of carbonyl (C=O) groups excluding carboxylic acids is 1. The van der Waals surface area contributed by atoms with E-state index in [0.29, 0.717) is 22.8 Å². The standard InChI is InChI=1S/C27H27F2N5O2/c1-17-15-19(33-13-10-30-11-14-33)8-9-23(17)32-27(35)25-18(2)31-26-24(7-4-12-34(25)26)36-16-20-21(28)5-3-6-22(20)29/h3-9,12,15,30H,10-11,13-14,16H2,1-2H3,(H,32,35). The van der Waals surface area contributed by atoms with E-state index < -0.39 is 11.6 Å². The third-order valence-corrected chi connectivity index (χ3v) is 6.38. The summed E-state index contributed by atoms with van der Waals surface area (Å²) in [5, 5.41) is 6.35. The number of ether oxygens (including phenoxy) is 1. The molecule has 1 fully saturated rings. The Bertz CT molecular complexity index is 1410. The van der Waals surface area contributed by atoms with Crippen molar-refractivity contribution in [1.29, 1.82) is 0 Å². The molecule has 3 heterocycles. The predicted octanol–water partition coefficient (Wildman–Crippen LogP) is 4.47. The van der Waals surface area contributed by atoms with E-state index in [1.807, 2.05) is 19.1 Å². The number of amides is 1. The summed E-state index contributed by atoms with van der Waals surface area (Å²) in [4.78, 5) is 20.1. The fourth-order valence-electron chi connectivity index (χ4n) is 4.45. The Kier molecular flexibility index (Phi) is 6.56. The van der Waals surface area contributed by atoms with Gasteiger partial charge >= 0.3 is 0 Å². The number of nitrogens with one attached hydrogen (secondary N) is 2. The van der Waals surface area contributed by atoms with Crippen LogP contribution in [-0.4, -0.2) is 41.5 Å². The molecule has 2 N–H and O–H groups in total. The van der Waals surface area contributed by atoms with Crippen LogP contribution in [0.3, 0.4) is 0 Å². The number of imidazole rings is 1. The Morgan fingerprint density at radius 2 is 1.83 bits per heavy atom. The monoisotopic (exact) mass is 491 g/mol. The highest BCUT2D eigenvalue weighted by molar-refractivity contribution is 6.05. The number of anilines is 2. The zero-order chi connectivity index (χ0) is 25.2. The zero-order valence-corrected chi connectivity index (χ0v) is 20.1. The molecule has 0 radical (unpaired) electrons. The van der Waals surface area contributed by atoms with Gasteiger partial charge < -0.3 is 20.3 Å². The van der Waals surface area contributed by atoms with E-state index >= 15 is 0 Å². The molecule has 5 rings (SSSR count). The van der Waals surface area contributed by atoms with E-state index in [0.717, 1.165) is 43.1 Å².